The highest BCUT2D eigenvalue weighted by Gasteiger charge is 2.30. The van der Waals surface area contributed by atoms with Gasteiger partial charge in [0, 0.05) is 11.4 Å². The molecule has 8 heteroatoms. The monoisotopic (exact) mass is 484 g/mol. The summed E-state index contributed by atoms with van der Waals surface area (Å²) >= 11 is 6.52. The molecule has 1 aliphatic carbocycles. The van der Waals surface area contributed by atoms with Crippen LogP contribution >= 0.6 is 11.6 Å². The number of fused-ring (bicyclic) bond motifs is 3. The van der Waals surface area contributed by atoms with E-state index >= 15 is 0 Å². The van der Waals surface area contributed by atoms with E-state index in [0.29, 0.717) is 39.0 Å². The summed E-state index contributed by atoms with van der Waals surface area (Å²) in [5, 5.41) is 5.75. The van der Waals surface area contributed by atoms with Crippen LogP contribution in [-0.2, 0) is 15.6 Å². The molecule has 4 aromatic rings. The number of halogens is 1. The van der Waals surface area contributed by atoms with Crippen LogP contribution in [0.2, 0.25) is 5.02 Å². The topological polar surface area (TPSA) is 82.2 Å². The summed E-state index contributed by atoms with van der Waals surface area (Å²) in [7, 11) is -3.27. The van der Waals surface area contributed by atoms with E-state index in [2.05, 4.69) is 5.16 Å². The molecule has 33 heavy (non-hydrogen) atoms. The van der Waals surface area contributed by atoms with E-state index in [1.54, 1.807) is 17.6 Å². The summed E-state index contributed by atoms with van der Waals surface area (Å²) < 4.78 is 33.0. The minimum absolute atomic E-state index is 0.00198. The molecule has 0 amide bonds. The molecule has 1 saturated carbocycles. The first kappa shape index (κ1) is 22.2. The fourth-order valence-corrected chi connectivity index (χ4v) is 7.33. The van der Waals surface area contributed by atoms with Crippen molar-refractivity contribution in [2.45, 2.75) is 44.4 Å². The molecule has 172 valence electrons. The first-order chi connectivity index (χ1) is 15.8. The van der Waals surface area contributed by atoms with Crippen LogP contribution < -0.4 is 5.56 Å². The second-order valence-electron chi connectivity index (χ2n) is 9.00. The predicted molar refractivity (Wildman–Crippen MR) is 130 cm³/mol. The van der Waals surface area contributed by atoms with Gasteiger partial charge in [-0.2, -0.15) is 0 Å². The van der Waals surface area contributed by atoms with Crippen molar-refractivity contribution < 1.29 is 12.9 Å². The molecule has 0 saturated heterocycles. The Morgan fingerprint density at radius 2 is 1.88 bits per heavy atom. The Morgan fingerprint density at radius 1 is 1.09 bits per heavy atom. The fraction of sp³-hybridized carbons (Fsp3) is 0.360. The molecule has 2 heterocycles. The van der Waals surface area contributed by atoms with Crippen molar-refractivity contribution in [3.05, 3.63) is 75.2 Å². The second-order valence-corrected chi connectivity index (χ2v) is 11.5. The molecular formula is C25H25ClN2O4S. The summed E-state index contributed by atoms with van der Waals surface area (Å²) in [5.41, 5.74) is 1.84. The Balaban J connectivity index is 1.50. The van der Waals surface area contributed by atoms with Crippen molar-refractivity contribution >= 4 is 43.2 Å². The molecule has 0 aliphatic heterocycles. The van der Waals surface area contributed by atoms with Gasteiger partial charge in [0.1, 0.15) is 16.7 Å². The molecule has 0 bridgehead atoms. The van der Waals surface area contributed by atoms with Crippen LogP contribution in [0.25, 0.3) is 21.8 Å². The van der Waals surface area contributed by atoms with Crippen molar-refractivity contribution in [1.82, 2.24) is 9.72 Å². The summed E-state index contributed by atoms with van der Waals surface area (Å²) in [4.78, 5) is 13.6. The minimum Gasteiger partial charge on any atom is -0.360 e. The van der Waals surface area contributed by atoms with E-state index in [0.717, 1.165) is 24.8 Å². The highest BCUT2D eigenvalue weighted by atomic mass is 35.5. The van der Waals surface area contributed by atoms with Crippen molar-refractivity contribution in [2.75, 3.05) is 5.75 Å². The zero-order valence-electron chi connectivity index (χ0n) is 18.3. The van der Waals surface area contributed by atoms with Crippen molar-refractivity contribution in [1.29, 1.82) is 0 Å². The lowest BCUT2D eigenvalue weighted by Gasteiger charge is -2.31. The van der Waals surface area contributed by atoms with E-state index in [4.69, 9.17) is 16.1 Å². The van der Waals surface area contributed by atoms with Gasteiger partial charge in [0.2, 0.25) is 0 Å². The molecule has 6 nitrogen and oxygen atoms in total. The smallest absolute Gasteiger partial charge is 0.264 e. The Hall–Kier alpha value is -2.64. The zero-order valence-corrected chi connectivity index (χ0v) is 19.9. The molecular weight excluding hydrogens is 460 g/mol. The summed E-state index contributed by atoms with van der Waals surface area (Å²) in [5.74, 6) is 0.626. The third-order valence-electron chi connectivity index (χ3n) is 6.62. The quantitative estimate of drug-likeness (QED) is 0.376. The van der Waals surface area contributed by atoms with Gasteiger partial charge in [-0.15, -0.1) is 0 Å². The Morgan fingerprint density at radius 3 is 2.67 bits per heavy atom. The van der Waals surface area contributed by atoms with Crippen LogP contribution in [0.3, 0.4) is 0 Å². The van der Waals surface area contributed by atoms with Crippen LogP contribution in [0.5, 0.6) is 0 Å². The van der Waals surface area contributed by atoms with E-state index in [1.165, 1.54) is 0 Å². The molecule has 0 radical (unpaired) electrons. The van der Waals surface area contributed by atoms with E-state index in [-0.39, 0.29) is 29.0 Å². The SMILES string of the molecule is Cc1onc2c1c(=O)n(C1CCCC(CS(=O)(=O)Cc3ccccc3)C1)c1cccc(Cl)c21. The van der Waals surface area contributed by atoms with Gasteiger partial charge in [0.25, 0.3) is 5.56 Å². The molecule has 1 fully saturated rings. The Kier molecular flexibility index (Phi) is 5.79. The number of benzene rings is 2. The second kappa shape index (κ2) is 8.61. The average Bonchev–Trinajstić information content (AvgIpc) is 3.16. The van der Waals surface area contributed by atoms with Crippen molar-refractivity contribution in [3.63, 3.8) is 0 Å². The van der Waals surface area contributed by atoms with E-state index < -0.39 is 9.84 Å². The maximum atomic E-state index is 13.6. The molecule has 2 aromatic heterocycles. The van der Waals surface area contributed by atoms with Crippen molar-refractivity contribution in [3.8, 4) is 0 Å². The van der Waals surface area contributed by atoms with Crippen LogP contribution in [0.15, 0.2) is 57.8 Å². The van der Waals surface area contributed by atoms with Gasteiger partial charge >= 0.3 is 0 Å². The van der Waals surface area contributed by atoms with Gasteiger partial charge in [0.05, 0.1) is 22.0 Å². The maximum Gasteiger partial charge on any atom is 0.264 e. The molecule has 2 atom stereocenters. The molecule has 1 aliphatic rings. The number of sulfone groups is 1. The third kappa shape index (κ3) is 4.20. The number of aryl methyl sites for hydroxylation is 1. The lowest BCUT2D eigenvalue weighted by molar-refractivity contribution is 0.285. The van der Waals surface area contributed by atoms with Crippen LogP contribution in [0.1, 0.15) is 43.0 Å². The van der Waals surface area contributed by atoms with Gasteiger partial charge in [0.15, 0.2) is 9.84 Å². The van der Waals surface area contributed by atoms with Crippen molar-refractivity contribution in [2.24, 2.45) is 5.92 Å². The molecule has 2 unspecified atom stereocenters. The van der Waals surface area contributed by atoms with Gasteiger partial charge < -0.3 is 9.09 Å². The number of hydrogen-bond acceptors (Lipinski definition) is 5. The molecule has 0 spiro atoms. The first-order valence-electron chi connectivity index (χ1n) is 11.2. The van der Waals surface area contributed by atoms with E-state index in [1.807, 2.05) is 42.5 Å². The Bertz CT molecular complexity index is 1490. The molecule has 2 aromatic carbocycles. The minimum atomic E-state index is -3.27. The highest BCUT2D eigenvalue weighted by Crippen LogP contribution is 2.37. The highest BCUT2D eigenvalue weighted by molar-refractivity contribution is 7.90. The fourth-order valence-electron chi connectivity index (χ4n) is 5.23. The number of aromatic nitrogens is 2. The van der Waals surface area contributed by atoms with Crippen LogP contribution in [0, 0.1) is 12.8 Å². The lowest BCUT2D eigenvalue weighted by atomic mass is 9.86. The standard InChI is InChI=1S/C25H25ClN2O4S/c1-16-22-24(27-32-16)23-20(26)11-6-12-21(23)28(25(22)29)19-10-5-9-18(13-19)15-33(30,31)14-17-7-3-2-4-8-17/h2-4,6-8,11-12,18-19H,5,9-10,13-15H2,1H3. The molecule has 0 N–H and O–H groups in total. The van der Waals surface area contributed by atoms with Gasteiger partial charge in [-0.1, -0.05) is 59.6 Å². The first-order valence-corrected chi connectivity index (χ1v) is 13.4. The summed E-state index contributed by atoms with van der Waals surface area (Å²) in [6.45, 7) is 1.73. The number of hydrogen-bond donors (Lipinski definition) is 0. The number of rotatable bonds is 5. The van der Waals surface area contributed by atoms with Crippen LogP contribution in [0.4, 0.5) is 0 Å². The zero-order chi connectivity index (χ0) is 23.2. The number of nitrogens with zero attached hydrogens (tertiary/aromatic N) is 2. The van der Waals surface area contributed by atoms with Gasteiger partial charge in [-0.25, -0.2) is 8.42 Å². The third-order valence-corrected chi connectivity index (χ3v) is 8.69. The predicted octanol–water partition coefficient (Wildman–Crippen LogP) is 5.45. The molecule has 5 rings (SSSR count). The summed E-state index contributed by atoms with van der Waals surface area (Å²) in [6, 6.07) is 14.6. The van der Waals surface area contributed by atoms with E-state index in [9.17, 15) is 13.2 Å². The largest absolute Gasteiger partial charge is 0.360 e. The maximum absolute atomic E-state index is 13.6. The van der Waals surface area contributed by atoms with Crippen LogP contribution in [-0.4, -0.2) is 23.9 Å². The summed E-state index contributed by atoms with van der Waals surface area (Å²) in [6.07, 6.45) is 3.15. The van der Waals surface area contributed by atoms with Gasteiger partial charge in [-0.3, -0.25) is 4.79 Å². The average molecular weight is 485 g/mol. The number of pyridine rings is 1. The van der Waals surface area contributed by atoms with Gasteiger partial charge in [-0.05, 0) is 49.8 Å². The normalized spacial score (nSPS) is 19.3. The lowest BCUT2D eigenvalue weighted by Crippen LogP contribution is -2.31. The Labute approximate surface area is 197 Å².